The third-order valence-electron chi connectivity index (χ3n) is 5.06. The Hall–Kier alpha value is -1.84. The van der Waals surface area contributed by atoms with Gasteiger partial charge in [0.05, 0.1) is 0 Å². The maximum atomic E-state index is 5.87. The Morgan fingerprint density at radius 1 is 1.04 bits per heavy atom. The predicted molar refractivity (Wildman–Crippen MR) is 104 cm³/mol. The van der Waals surface area contributed by atoms with E-state index in [1.165, 1.54) is 42.6 Å². The van der Waals surface area contributed by atoms with Crippen molar-refractivity contribution in [1.29, 1.82) is 0 Å². The highest BCUT2D eigenvalue weighted by molar-refractivity contribution is 5.28. The van der Waals surface area contributed by atoms with E-state index in [-0.39, 0.29) is 0 Å². The van der Waals surface area contributed by atoms with Crippen LogP contribution in [0.2, 0.25) is 0 Å². The first-order valence-corrected chi connectivity index (χ1v) is 9.46. The minimum atomic E-state index is 0.617. The third-order valence-corrected chi connectivity index (χ3v) is 5.06. The van der Waals surface area contributed by atoms with Gasteiger partial charge in [0.1, 0.15) is 12.4 Å². The number of hydrogen-bond acceptors (Lipinski definition) is 3. The Labute approximate surface area is 152 Å². The van der Waals surface area contributed by atoms with Crippen LogP contribution in [-0.2, 0) is 13.2 Å². The van der Waals surface area contributed by atoms with E-state index in [9.17, 15) is 0 Å². The van der Waals surface area contributed by atoms with Crippen molar-refractivity contribution in [3.05, 3.63) is 65.2 Å². The zero-order valence-electron chi connectivity index (χ0n) is 15.5. The summed E-state index contributed by atoms with van der Waals surface area (Å²) < 4.78 is 5.87. The van der Waals surface area contributed by atoms with Crippen LogP contribution in [0, 0.1) is 6.92 Å². The fourth-order valence-electron chi connectivity index (χ4n) is 3.48. The fourth-order valence-corrected chi connectivity index (χ4v) is 3.48. The van der Waals surface area contributed by atoms with E-state index in [4.69, 9.17) is 4.74 Å². The Morgan fingerprint density at radius 3 is 2.48 bits per heavy atom. The minimum Gasteiger partial charge on any atom is -0.489 e. The molecular formula is C22H30N2O. The molecule has 3 heteroatoms. The van der Waals surface area contributed by atoms with Crippen LogP contribution in [-0.4, -0.2) is 30.6 Å². The summed E-state index contributed by atoms with van der Waals surface area (Å²) >= 11 is 0. The SMILES string of the molecule is CCN1CCCC1CNCc1ccc(OCc2ccc(C)cc2)cc1. The van der Waals surface area contributed by atoms with Crippen LogP contribution in [0.15, 0.2) is 48.5 Å². The topological polar surface area (TPSA) is 24.5 Å². The van der Waals surface area contributed by atoms with Crippen molar-refractivity contribution in [3.8, 4) is 5.75 Å². The normalized spacial score (nSPS) is 17.8. The second kappa shape index (κ2) is 9.02. The second-order valence-electron chi connectivity index (χ2n) is 6.97. The molecule has 1 fully saturated rings. The van der Waals surface area contributed by atoms with E-state index in [0.717, 1.165) is 18.8 Å². The summed E-state index contributed by atoms with van der Waals surface area (Å²) in [6.07, 6.45) is 2.67. The summed E-state index contributed by atoms with van der Waals surface area (Å²) in [5.41, 5.74) is 3.79. The molecule has 2 aromatic rings. The number of aryl methyl sites for hydroxylation is 1. The van der Waals surface area contributed by atoms with Crippen molar-refractivity contribution in [1.82, 2.24) is 10.2 Å². The first-order chi connectivity index (χ1) is 12.2. The predicted octanol–water partition coefficient (Wildman–Crippen LogP) is 4.15. The molecule has 0 amide bonds. The van der Waals surface area contributed by atoms with Crippen LogP contribution in [0.4, 0.5) is 0 Å². The van der Waals surface area contributed by atoms with Crippen molar-refractivity contribution in [3.63, 3.8) is 0 Å². The van der Waals surface area contributed by atoms with Crippen LogP contribution >= 0.6 is 0 Å². The highest BCUT2D eigenvalue weighted by atomic mass is 16.5. The molecule has 1 N–H and O–H groups in total. The number of hydrogen-bond donors (Lipinski definition) is 1. The fraction of sp³-hybridized carbons (Fsp3) is 0.455. The summed E-state index contributed by atoms with van der Waals surface area (Å²) in [5.74, 6) is 0.928. The quantitative estimate of drug-likeness (QED) is 0.782. The van der Waals surface area contributed by atoms with E-state index in [1.54, 1.807) is 0 Å². The van der Waals surface area contributed by atoms with Gasteiger partial charge in [0.2, 0.25) is 0 Å². The molecular weight excluding hydrogens is 308 g/mol. The van der Waals surface area contributed by atoms with Gasteiger partial charge in [-0.25, -0.2) is 0 Å². The van der Waals surface area contributed by atoms with Crippen molar-refractivity contribution < 1.29 is 4.74 Å². The van der Waals surface area contributed by atoms with Gasteiger partial charge in [-0.05, 0) is 56.1 Å². The zero-order valence-corrected chi connectivity index (χ0v) is 15.5. The number of likely N-dealkylation sites (N-methyl/N-ethyl adjacent to an activating group) is 1. The Kier molecular flexibility index (Phi) is 6.48. The lowest BCUT2D eigenvalue weighted by Crippen LogP contribution is -2.37. The summed E-state index contributed by atoms with van der Waals surface area (Å²) in [5, 5.41) is 3.61. The smallest absolute Gasteiger partial charge is 0.119 e. The lowest BCUT2D eigenvalue weighted by molar-refractivity contribution is 0.260. The van der Waals surface area contributed by atoms with Crippen LogP contribution < -0.4 is 10.1 Å². The highest BCUT2D eigenvalue weighted by Gasteiger charge is 2.21. The summed E-state index contributed by atoms with van der Waals surface area (Å²) in [6, 6.07) is 17.6. The molecule has 134 valence electrons. The number of benzene rings is 2. The lowest BCUT2D eigenvalue weighted by atomic mass is 10.1. The molecule has 3 rings (SSSR count). The molecule has 0 bridgehead atoms. The van der Waals surface area contributed by atoms with Gasteiger partial charge in [0.15, 0.2) is 0 Å². The molecule has 0 aromatic heterocycles. The molecule has 25 heavy (non-hydrogen) atoms. The van der Waals surface area contributed by atoms with Gasteiger partial charge in [-0.2, -0.15) is 0 Å². The molecule has 1 aliphatic rings. The average molecular weight is 338 g/mol. The van der Waals surface area contributed by atoms with E-state index in [1.807, 2.05) is 0 Å². The van der Waals surface area contributed by atoms with E-state index >= 15 is 0 Å². The molecule has 0 radical (unpaired) electrons. The highest BCUT2D eigenvalue weighted by Crippen LogP contribution is 2.17. The van der Waals surface area contributed by atoms with Crippen molar-refractivity contribution >= 4 is 0 Å². The van der Waals surface area contributed by atoms with Crippen molar-refractivity contribution in [2.75, 3.05) is 19.6 Å². The number of likely N-dealkylation sites (tertiary alicyclic amines) is 1. The molecule has 2 aromatic carbocycles. The molecule has 0 saturated carbocycles. The number of nitrogens with zero attached hydrogens (tertiary/aromatic N) is 1. The molecule has 1 aliphatic heterocycles. The maximum Gasteiger partial charge on any atom is 0.119 e. The Balaban J connectivity index is 1.41. The van der Waals surface area contributed by atoms with Crippen LogP contribution in [0.3, 0.4) is 0 Å². The van der Waals surface area contributed by atoms with Gasteiger partial charge < -0.3 is 10.1 Å². The summed E-state index contributed by atoms with van der Waals surface area (Å²) in [4.78, 5) is 2.58. The Morgan fingerprint density at radius 2 is 1.76 bits per heavy atom. The van der Waals surface area contributed by atoms with Gasteiger partial charge in [-0.15, -0.1) is 0 Å². The zero-order chi connectivity index (χ0) is 17.5. The van der Waals surface area contributed by atoms with Gasteiger partial charge in [-0.3, -0.25) is 4.90 Å². The summed E-state index contributed by atoms with van der Waals surface area (Å²) in [6.45, 7) is 9.41. The average Bonchev–Trinajstić information content (AvgIpc) is 3.10. The van der Waals surface area contributed by atoms with Crippen molar-refractivity contribution in [2.45, 2.75) is 45.9 Å². The molecule has 0 spiro atoms. The van der Waals surface area contributed by atoms with Crippen LogP contribution in [0.5, 0.6) is 5.75 Å². The first-order valence-electron chi connectivity index (χ1n) is 9.46. The van der Waals surface area contributed by atoms with Crippen molar-refractivity contribution in [2.24, 2.45) is 0 Å². The van der Waals surface area contributed by atoms with E-state index in [0.29, 0.717) is 12.6 Å². The van der Waals surface area contributed by atoms with Gasteiger partial charge >= 0.3 is 0 Å². The number of ether oxygens (including phenoxy) is 1. The maximum absolute atomic E-state index is 5.87. The Bertz CT molecular complexity index is 636. The third kappa shape index (κ3) is 5.32. The second-order valence-corrected chi connectivity index (χ2v) is 6.97. The van der Waals surface area contributed by atoms with E-state index in [2.05, 4.69) is 72.6 Å². The lowest BCUT2D eigenvalue weighted by Gasteiger charge is -2.23. The number of nitrogens with one attached hydrogen (secondary N) is 1. The largest absolute Gasteiger partial charge is 0.489 e. The first kappa shape index (κ1) is 18.0. The standard InChI is InChI=1S/C22H30N2O/c1-3-24-14-4-5-21(24)16-23-15-19-10-12-22(13-11-19)25-17-20-8-6-18(2)7-9-20/h6-13,21,23H,3-5,14-17H2,1-2H3. The van der Waals surface area contributed by atoms with Crippen LogP contribution in [0.25, 0.3) is 0 Å². The molecule has 1 atom stereocenters. The molecule has 3 nitrogen and oxygen atoms in total. The van der Waals surface area contributed by atoms with E-state index < -0.39 is 0 Å². The molecule has 1 heterocycles. The molecule has 0 aliphatic carbocycles. The molecule has 1 saturated heterocycles. The summed E-state index contributed by atoms with van der Waals surface area (Å²) in [7, 11) is 0. The molecule has 1 unspecified atom stereocenters. The van der Waals surface area contributed by atoms with Gasteiger partial charge in [0, 0.05) is 19.1 Å². The minimum absolute atomic E-state index is 0.617. The van der Waals surface area contributed by atoms with Crippen LogP contribution in [0.1, 0.15) is 36.5 Å². The van der Waals surface area contributed by atoms with Gasteiger partial charge in [0.25, 0.3) is 0 Å². The van der Waals surface area contributed by atoms with Gasteiger partial charge in [-0.1, -0.05) is 48.9 Å². The monoisotopic (exact) mass is 338 g/mol. The number of rotatable bonds is 8.